The van der Waals surface area contributed by atoms with Crippen LogP contribution in [-0.2, 0) is 14.8 Å². The van der Waals surface area contributed by atoms with E-state index in [4.69, 9.17) is 26.5 Å². The van der Waals surface area contributed by atoms with Gasteiger partial charge in [-0.15, -0.1) is 5.10 Å². The highest BCUT2D eigenvalue weighted by molar-refractivity contribution is 7.89. The molecule has 2 aliphatic heterocycles. The fourth-order valence-electron chi connectivity index (χ4n) is 4.63. The lowest BCUT2D eigenvalue weighted by atomic mass is 9.96. The van der Waals surface area contributed by atoms with Gasteiger partial charge in [-0.05, 0) is 44.9 Å². The van der Waals surface area contributed by atoms with Crippen molar-refractivity contribution >= 4 is 33.3 Å². The number of nitrogens with zero attached hydrogens (tertiary/aromatic N) is 4. The standard InChI is InChI=1S/C21H31ClN6O4S/c1-14-12-27(13-15(2)31-14)10-7-24-33(29,30)19-11-17(22)3-4-18(19)28-8-5-16(6-9-28)20-25-26-21(23)32-20/h3-4,11,14-16,24H,5-10,12-13H2,1-2H3,(H2,23,26)/t14-,15+. The van der Waals surface area contributed by atoms with Crippen molar-refractivity contribution in [3.63, 3.8) is 0 Å². The molecule has 4 rings (SSSR count). The van der Waals surface area contributed by atoms with Crippen LogP contribution in [0.3, 0.4) is 0 Å². The molecule has 33 heavy (non-hydrogen) atoms. The summed E-state index contributed by atoms with van der Waals surface area (Å²) in [6, 6.07) is 5.07. The zero-order valence-electron chi connectivity index (χ0n) is 18.9. The second-order valence-electron chi connectivity index (χ2n) is 8.77. The molecule has 3 N–H and O–H groups in total. The van der Waals surface area contributed by atoms with E-state index in [0.29, 0.717) is 42.8 Å². The quantitative estimate of drug-likeness (QED) is 0.589. The van der Waals surface area contributed by atoms with Crippen molar-refractivity contribution in [3.05, 3.63) is 29.1 Å². The number of anilines is 2. The van der Waals surface area contributed by atoms with Gasteiger partial charge in [-0.2, -0.15) is 0 Å². The Morgan fingerprint density at radius 2 is 1.88 bits per heavy atom. The molecule has 3 heterocycles. The minimum atomic E-state index is -3.74. The molecule has 2 aromatic rings. The summed E-state index contributed by atoms with van der Waals surface area (Å²) in [5.74, 6) is 0.638. The number of hydrogen-bond donors (Lipinski definition) is 2. The van der Waals surface area contributed by atoms with Crippen LogP contribution in [-0.4, -0.2) is 75.0 Å². The second kappa shape index (κ2) is 10.1. The smallest absolute Gasteiger partial charge is 0.312 e. The van der Waals surface area contributed by atoms with Crippen LogP contribution in [0.25, 0.3) is 0 Å². The van der Waals surface area contributed by atoms with Crippen LogP contribution in [0.4, 0.5) is 11.7 Å². The third kappa shape index (κ3) is 5.96. The van der Waals surface area contributed by atoms with Crippen molar-refractivity contribution in [2.45, 2.75) is 49.7 Å². The molecule has 0 bridgehead atoms. The van der Waals surface area contributed by atoms with E-state index >= 15 is 0 Å². The summed E-state index contributed by atoms with van der Waals surface area (Å²) < 4.78 is 40.3. The van der Waals surface area contributed by atoms with Crippen molar-refractivity contribution in [2.75, 3.05) is 49.9 Å². The largest absolute Gasteiger partial charge is 0.408 e. The Hall–Kier alpha value is -1.92. The number of sulfonamides is 1. The first kappa shape index (κ1) is 24.2. The lowest BCUT2D eigenvalue weighted by Crippen LogP contribution is -2.47. The monoisotopic (exact) mass is 498 g/mol. The molecule has 0 radical (unpaired) electrons. The maximum Gasteiger partial charge on any atom is 0.312 e. The molecule has 0 spiro atoms. The number of nitrogen functional groups attached to an aromatic ring is 1. The van der Waals surface area contributed by atoms with E-state index in [2.05, 4.69) is 24.7 Å². The summed E-state index contributed by atoms with van der Waals surface area (Å²) in [7, 11) is -3.74. The lowest BCUT2D eigenvalue weighted by molar-refractivity contribution is -0.0671. The van der Waals surface area contributed by atoms with Gasteiger partial charge in [0.05, 0.1) is 17.9 Å². The Bertz CT molecular complexity index is 1050. The summed E-state index contributed by atoms with van der Waals surface area (Å²) in [6.07, 6.45) is 1.78. The number of nitrogens with two attached hydrogens (primary N) is 1. The number of aromatic nitrogens is 2. The average molecular weight is 499 g/mol. The van der Waals surface area contributed by atoms with E-state index in [1.54, 1.807) is 12.1 Å². The normalized spacial score (nSPS) is 23.2. The number of benzene rings is 1. The Morgan fingerprint density at radius 3 is 2.52 bits per heavy atom. The van der Waals surface area contributed by atoms with Crippen molar-refractivity contribution in [2.24, 2.45) is 0 Å². The summed E-state index contributed by atoms with van der Waals surface area (Å²) in [6.45, 7) is 7.87. The molecule has 182 valence electrons. The molecule has 1 aromatic heterocycles. The van der Waals surface area contributed by atoms with E-state index < -0.39 is 10.0 Å². The van der Waals surface area contributed by atoms with Crippen molar-refractivity contribution in [1.29, 1.82) is 0 Å². The van der Waals surface area contributed by atoms with Gasteiger partial charge in [-0.3, -0.25) is 4.90 Å². The maximum atomic E-state index is 13.2. The Morgan fingerprint density at radius 1 is 1.18 bits per heavy atom. The molecule has 2 atom stereocenters. The maximum absolute atomic E-state index is 13.2. The number of nitrogens with one attached hydrogen (secondary N) is 1. The molecule has 12 heteroatoms. The Kier molecular flexibility index (Phi) is 7.44. The molecule has 2 saturated heterocycles. The number of morpholine rings is 1. The van der Waals surface area contributed by atoms with Gasteiger partial charge in [0.15, 0.2) is 0 Å². The first-order valence-electron chi connectivity index (χ1n) is 11.2. The molecular formula is C21H31ClN6O4S. The molecule has 2 fully saturated rings. The predicted molar refractivity (Wildman–Crippen MR) is 126 cm³/mol. The molecule has 0 unspecified atom stereocenters. The molecule has 0 aliphatic carbocycles. The molecule has 2 aliphatic rings. The number of hydrogen-bond acceptors (Lipinski definition) is 9. The van der Waals surface area contributed by atoms with Gasteiger partial charge in [0.1, 0.15) is 4.90 Å². The minimum Gasteiger partial charge on any atom is -0.408 e. The predicted octanol–water partition coefficient (Wildman–Crippen LogP) is 2.08. The minimum absolute atomic E-state index is 0.0607. The van der Waals surface area contributed by atoms with Gasteiger partial charge < -0.3 is 19.8 Å². The van der Waals surface area contributed by atoms with Gasteiger partial charge in [0.2, 0.25) is 15.9 Å². The van der Waals surface area contributed by atoms with Crippen LogP contribution in [0.5, 0.6) is 0 Å². The van der Waals surface area contributed by atoms with Crippen LogP contribution >= 0.6 is 11.6 Å². The molecule has 0 amide bonds. The van der Waals surface area contributed by atoms with E-state index in [0.717, 1.165) is 25.9 Å². The third-order valence-corrected chi connectivity index (χ3v) is 7.79. The Balaban J connectivity index is 1.41. The zero-order chi connectivity index (χ0) is 23.6. The highest BCUT2D eigenvalue weighted by atomic mass is 35.5. The summed E-state index contributed by atoms with van der Waals surface area (Å²) in [5.41, 5.74) is 6.18. The van der Waals surface area contributed by atoms with Gasteiger partial charge in [0.25, 0.3) is 0 Å². The summed E-state index contributed by atoms with van der Waals surface area (Å²) in [5, 5.41) is 8.10. The van der Waals surface area contributed by atoms with E-state index in [1.165, 1.54) is 6.07 Å². The first-order valence-corrected chi connectivity index (χ1v) is 13.1. The lowest BCUT2D eigenvalue weighted by Gasteiger charge is -2.35. The molecule has 10 nitrogen and oxygen atoms in total. The van der Waals surface area contributed by atoms with Crippen LogP contribution in [0.1, 0.15) is 38.5 Å². The van der Waals surface area contributed by atoms with Crippen molar-refractivity contribution in [1.82, 2.24) is 19.8 Å². The van der Waals surface area contributed by atoms with Crippen LogP contribution in [0, 0.1) is 0 Å². The number of halogens is 1. The van der Waals surface area contributed by atoms with Crippen LogP contribution in [0.15, 0.2) is 27.5 Å². The highest BCUT2D eigenvalue weighted by Crippen LogP contribution is 2.34. The molecule has 0 saturated carbocycles. The van der Waals surface area contributed by atoms with Gasteiger partial charge in [-0.25, -0.2) is 13.1 Å². The van der Waals surface area contributed by atoms with Gasteiger partial charge >= 0.3 is 6.01 Å². The van der Waals surface area contributed by atoms with E-state index in [-0.39, 0.29) is 29.0 Å². The van der Waals surface area contributed by atoms with E-state index in [9.17, 15) is 8.42 Å². The molecular weight excluding hydrogens is 468 g/mol. The first-order chi connectivity index (χ1) is 15.7. The second-order valence-corrected chi connectivity index (χ2v) is 10.9. The van der Waals surface area contributed by atoms with Crippen molar-refractivity contribution in [3.8, 4) is 0 Å². The number of piperidine rings is 1. The highest BCUT2D eigenvalue weighted by Gasteiger charge is 2.29. The molecule has 1 aromatic carbocycles. The fourth-order valence-corrected chi connectivity index (χ4v) is 6.13. The van der Waals surface area contributed by atoms with Crippen molar-refractivity contribution < 1.29 is 17.6 Å². The van der Waals surface area contributed by atoms with Crippen LogP contribution in [0.2, 0.25) is 5.02 Å². The summed E-state index contributed by atoms with van der Waals surface area (Å²) in [4.78, 5) is 4.47. The van der Waals surface area contributed by atoms with Gasteiger partial charge in [-0.1, -0.05) is 16.7 Å². The average Bonchev–Trinajstić information content (AvgIpc) is 3.19. The van der Waals surface area contributed by atoms with E-state index in [1.807, 2.05) is 13.8 Å². The van der Waals surface area contributed by atoms with Crippen LogP contribution < -0.4 is 15.4 Å². The Labute approximate surface area is 199 Å². The third-order valence-electron chi connectivity index (χ3n) is 6.07. The number of ether oxygens (including phenoxy) is 1. The number of rotatable bonds is 7. The topological polar surface area (TPSA) is 127 Å². The van der Waals surface area contributed by atoms with Gasteiger partial charge in [0, 0.05) is 50.2 Å². The fraction of sp³-hybridized carbons (Fsp3) is 0.619. The SMILES string of the molecule is C[C@@H]1CN(CCNS(=O)(=O)c2cc(Cl)ccc2N2CCC(c3nnc(N)o3)CC2)C[C@H](C)O1. The summed E-state index contributed by atoms with van der Waals surface area (Å²) >= 11 is 6.18. The zero-order valence-corrected chi connectivity index (χ0v) is 20.5.